The number of rotatable bonds is 2. The van der Waals surface area contributed by atoms with Crippen LogP contribution in [0.15, 0.2) is 12.5 Å². The second-order valence-electron chi connectivity index (χ2n) is 4.82. The third-order valence-electron chi connectivity index (χ3n) is 3.40. The molecule has 4 nitrogen and oxygen atoms in total. The fourth-order valence-electron chi connectivity index (χ4n) is 2.48. The van der Waals surface area contributed by atoms with E-state index >= 15 is 0 Å². The lowest BCUT2D eigenvalue weighted by Gasteiger charge is -2.21. The summed E-state index contributed by atoms with van der Waals surface area (Å²) in [6.45, 7) is 0. The van der Waals surface area contributed by atoms with Crippen molar-refractivity contribution in [2.45, 2.75) is 44.1 Å². The van der Waals surface area contributed by atoms with E-state index < -0.39 is 0 Å². The van der Waals surface area contributed by atoms with Crippen LogP contribution in [0.4, 0.5) is 0 Å². The molecule has 0 bridgehead atoms. The van der Waals surface area contributed by atoms with E-state index in [2.05, 4.69) is 9.55 Å². The zero-order valence-electron chi connectivity index (χ0n) is 9.06. The SMILES string of the molecule is O=C1CC(=O)CC(c2cncn2C2CC2)C1. The van der Waals surface area contributed by atoms with Crippen molar-refractivity contribution in [1.29, 1.82) is 0 Å². The number of hydrogen-bond acceptors (Lipinski definition) is 3. The lowest BCUT2D eigenvalue weighted by molar-refractivity contribution is -0.130. The summed E-state index contributed by atoms with van der Waals surface area (Å²) in [7, 11) is 0. The molecule has 0 saturated heterocycles. The van der Waals surface area contributed by atoms with E-state index in [4.69, 9.17) is 0 Å². The molecule has 1 aromatic rings. The molecule has 2 aliphatic rings. The molecule has 84 valence electrons. The van der Waals surface area contributed by atoms with Gasteiger partial charge in [0.25, 0.3) is 0 Å². The first kappa shape index (κ1) is 9.75. The van der Waals surface area contributed by atoms with E-state index in [1.54, 1.807) is 0 Å². The summed E-state index contributed by atoms with van der Waals surface area (Å²) in [6, 6.07) is 0.560. The Labute approximate surface area is 93.7 Å². The molecule has 2 aliphatic carbocycles. The molecule has 0 radical (unpaired) electrons. The van der Waals surface area contributed by atoms with Gasteiger partial charge in [0.1, 0.15) is 11.6 Å². The van der Waals surface area contributed by atoms with Crippen molar-refractivity contribution in [2.75, 3.05) is 0 Å². The van der Waals surface area contributed by atoms with Crippen LogP contribution in [-0.2, 0) is 9.59 Å². The Hall–Kier alpha value is -1.45. The quantitative estimate of drug-likeness (QED) is 0.709. The van der Waals surface area contributed by atoms with E-state index in [1.807, 2.05) is 12.5 Å². The minimum Gasteiger partial charge on any atom is -0.331 e. The highest BCUT2D eigenvalue weighted by Crippen LogP contribution is 2.39. The maximum absolute atomic E-state index is 11.4. The Kier molecular flexibility index (Phi) is 2.16. The minimum absolute atomic E-state index is 0.0665. The molecule has 0 amide bonds. The van der Waals surface area contributed by atoms with Crippen LogP contribution >= 0.6 is 0 Å². The Morgan fingerprint density at radius 2 is 1.88 bits per heavy atom. The lowest BCUT2D eigenvalue weighted by atomic mass is 9.85. The van der Waals surface area contributed by atoms with Gasteiger partial charge in [-0.2, -0.15) is 0 Å². The number of nitrogens with zero attached hydrogens (tertiary/aromatic N) is 2. The summed E-state index contributed by atoms with van der Waals surface area (Å²) in [4.78, 5) is 27.0. The van der Waals surface area contributed by atoms with Crippen molar-refractivity contribution in [3.63, 3.8) is 0 Å². The predicted molar refractivity (Wildman–Crippen MR) is 57.1 cm³/mol. The first-order valence-corrected chi connectivity index (χ1v) is 5.79. The largest absolute Gasteiger partial charge is 0.331 e. The van der Waals surface area contributed by atoms with Crippen LogP contribution < -0.4 is 0 Å². The van der Waals surface area contributed by atoms with Gasteiger partial charge >= 0.3 is 0 Å². The zero-order chi connectivity index (χ0) is 11.1. The molecule has 16 heavy (non-hydrogen) atoms. The first-order valence-electron chi connectivity index (χ1n) is 5.79. The molecule has 0 aliphatic heterocycles. The van der Waals surface area contributed by atoms with Gasteiger partial charge in [-0.3, -0.25) is 9.59 Å². The van der Waals surface area contributed by atoms with Crippen molar-refractivity contribution >= 4 is 11.6 Å². The highest BCUT2D eigenvalue weighted by molar-refractivity contribution is 6.02. The van der Waals surface area contributed by atoms with Gasteiger partial charge in [-0.25, -0.2) is 4.98 Å². The molecule has 4 heteroatoms. The maximum atomic E-state index is 11.4. The number of ketones is 2. The fourth-order valence-corrected chi connectivity index (χ4v) is 2.48. The van der Waals surface area contributed by atoms with Crippen LogP contribution in [0.1, 0.15) is 49.8 Å². The van der Waals surface area contributed by atoms with E-state index in [0.29, 0.717) is 18.9 Å². The number of Topliss-reactive ketones (excluding diaryl/α,β-unsaturated/α-hetero) is 2. The Balaban J connectivity index is 1.87. The highest BCUT2D eigenvalue weighted by Gasteiger charge is 2.32. The van der Waals surface area contributed by atoms with Crippen LogP contribution in [-0.4, -0.2) is 21.1 Å². The Bertz CT molecular complexity index is 430. The molecule has 1 heterocycles. The molecular formula is C12H14N2O2. The summed E-state index contributed by atoms with van der Waals surface area (Å²) in [5.41, 5.74) is 1.07. The van der Waals surface area contributed by atoms with Gasteiger partial charge in [-0.15, -0.1) is 0 Å². The highest BCUT2D eigenvalue weighted by atomic mass is 16.1. The molecule has 0 unspecified atom stereocenters. The zero-order valence-corrected chi connectivity index (χ0v) is 9.06. The van der Waals surface area contributed by atoms with Crippen molar-refractivity contribution in [2.24, 2.45) is 0 Å². The summed E-state index contributed by atoms with van der Waals surface area (Å²) in [5.74, 6) is 0.214. The van der Waals surface area contributed by atoms with Crippen molar-refractivity contribution in [1.82, 2.24) is 9.55 Å². The summed E-state index contributed by atoms with van der Waals surface area (Å²) in [6.07, 6.45) is 7.17. The van der Waals surface area contributed by atoms with Crippen molar-refractivity contribution in [3.8, 4) is 0 Å². The van der Waals surface area contributed by atoms with E-state index in [-0.39, 0.29) is 23.9 Å². The molecule has 2 fully saturated rings. The second-order valence-corrected chi connectivity index (χ2v) is 4.82. The third-order valence-corrected chi connectivity index (χ3v) is 3.40. The first-order chi connectivity index (χ1) is 7.74. The van der Waals surface area contributed by atoms with Gasteiger partial charge < -0.3 is 4.57 Å². The molecule has 0 aromatic carbocycles. The predicted octanol–water partition coefficient (Wildman–Crippen LogP) is 1.62. The molecule has 0 N–H and O–H groups in total. The Morgan fingerprint density at radius 1 is 1.19 bits per heavy atom. The molecular weight excluding hydrogens is 204 g/mol. The van der Waals surface area contributed by atoms with Crippen LogP contribution in [0.5, 0.6) is 0 Å². The van der Waals surface area contributed by atoms with Crippen LogP contribution in [0, 0.1) is 0 Å². The van der Waals surface area contributed by atoms with Crippen LogP contribution in [0.3, 0.4) is 0 Å². The summed E-state index contributed by atoms with van der Waals surface area (Å²) in [5, 5.41) is 0. The van der Waals surface area contributed by atoms with Crippen molar-refractivity contribution < 1.29 is 9.59 Å². The van der Waals surface area contributed by atoms with Gasteiger partial charge in [0.2, 0.25) is 0 Å². The molecule has 0 spiro atoms. The average molecular weight is 218 g/mol. The van der Waals surface area contributed by atoms with Gasteiger partial charge in [-0.05, 0) is 12.8 Å². The molecule has 3 rings (SSSR count). The second kappa shape index (κ2) is 3.54. The summed E-state index contributed by atoms with van der Waals surface area (Å²) >= 11 is 0. The topological polar surface area (TPSA) is 52.0 Å². The minimum atomic E-state index is 0.0665. The van der Waals surface area contributed by atoms with Crippen LogP contribution in [0.25, 0.3) is 0 Å². The molecule has 2 saturated carbocycles. The number of aromatic nitrogens is 2. The number of carbonyl (C=O) groups is 2. The fraction of sp³-hybridized carbons (Fsp3) is 0.583. The van der Waals surface area contributed by atoms with E-state index in [9.17, 15) is 9.59 Å². The maximum Gasteiger partial charge on any atom is 0.140 e. The number of imidazole rings is 1. The lowest BCUT2D eigenvalue weighted by Crippen LogP contribution is -2.22. The van der Waals surface area contributed by atoms with E-state index in [1.165, 1.54) is 12.8 Å². The van der Waals surface area contributed by atoms with Gasteiger partial charge in [-0.1, -0.05) is 0 Å². The Morgan fingerprint density at radius 3 is 2.50 bits per heavy atom. The van der Waals surface area contributed by atoms with Gasteiger partial charge in [0, 0.05) is 36.7 Å². The third kappa shape index (κ3) is 1.68. The average Bonchev–Trinajstić information content (AvgIpc) is 2.94. The van der Waals surface area contributed by atoms with Crippen molar-refractivity contribution in [3.05, 3.63) is 18.2 Å². The van der Waals surface area contributed by atoms with E-state index in [0.717, 1.165) is 5.69 Å². The summed E-state index contributed by atoms with van der Waals surface area (Å²) < 4.78 is 2.15. The normalized spacial score (nSPS) is 22.8. The molecule has 0 atom stereocenters. The monoisotopic (exact) mass is 218 g/mol. The van der Waals surface area contributed by atoms with Crippen LogP contribution in [0.2, 0.25) is 0 Å². The number of carbonyl (C=O) groups excluding carboxylic acids is 2. The van der Waals surface area contributed by atoms with Gasteiger partial charge in [0.05, 0.1) is 12.7 Å². The smallest absolute Gasteiger partial charge is 0.140 e. The molecule has 1 aromatic heterocycles. The standard InChI is InChI=1S/C12H14N2O2/c15-10-3-8(4-11(16)5-10)12-6-13-7-14(12)9-1-2-9/h6-9H,1-5H2. The number of hydrogen-bond donors (Lipinski definition) is 0. The van der Waals surface area contributed by atoms with Gasteiger partial charge in [0.15, 0.2) is 0 Å².